The minimum atomic E-state index is -3.22. The molecule has 2 aromatic carbocycles. The number of piperidine rings is 1. The van der Waals surface area contributed by atoms with E-state index in [4.69, 9.17) is 46.4 Å². The zero-order valence-corrected chi connectivity index (χ0v) is 26.2. The third-order valence-electron chi connectivity index (χ3n) is 7.95. The van der Waals surface area contributed by atoms with Crippen molar-refractivity contribution in [3.05, 3.63) is 67.6 Å². The summed E-state index contributed by atoms with van der Waals surface area (Å²) >= 11 is 24.9. The molecule has 0 N–H and O–H groups in total. The van der Waals surface area contributed by atoms with Crippen LogP contribution in [0.25, 0.3) is 0 Å². The van der Waals surface area contributed by atoms with E-state index >= 15 is 0 Å². The predicted octanol–water partition coefficient (Wildman–Crippen LogP) is 7.14. The number of Topliss-reactive ketones (excluding diaryl/α,β-unsaturated/α-hetero) is 1. The average molecular weight is 622 g/mol. The highest BCUT2D eigenvalue weighted by Crippen LogP contribution is 2.37. The molecule has 0 bridgehead atoms. The standard InChI is InChI=1S/C28H36Cl4N2O3S/c1-5-20(16-19-6-8-23(29)25(31)17-19)27(35)28(2,21-7-9-24(30)26(32)18-21)12-15-34-13-10-22(11-14-34)33(3)38(4,36)37/h6-9,17-18,20,22H,5,10-16H2,1-4H3. The van der Waals surface area contributed by atoms with Crippen molar-refractivity contribution in [1.82, 2.24) is 9.21 Å². The minimum Gasteiger partial charge on any atom is -0.303 e. The molecule has 2 aromatic rings. The number of halogens is 4. The molecule has 1 fully saturated rings. The summed E-state index contributed by atoms with van der Waals surface area (Å²) in [4.78, 5) is 16.6. The highest BCUT2D eigenvalue weighted by molar-refractivity contribution is 7.88. The number of sulfonamides is 1. The van der Waals surface area contributed by atoms with E-state index in [1.165, 1.54) is 10.6 Å². The Hall–Kier alpha value is -0.860. The van der Waals surface area contributed by atoms with Crippen molar-refractivity contribution < 1.29 is 13.2 Å². The van der Waals surface area contributed by atoms with Crippen LogP contribution in [0.2, 0.25) is 20.1 Å². The molecular weight excluding hydrogens is 586 g/mol. The summed E-state index contributed by atoms with van der Waals surface area (Å²) in [6.45, 7) is 6.28. The number of carbonyl (C=O) groups excluding carboxylic acids is 1. The lowest BCUT2D eigenvalue weighted by atomic mass is 9.70. The molecule has 0 amide bonds. The normalized spacial score (nSPS) is 17.9. The van der Waals surface area contributed by atoms with Crippen molar-refractivity contribution in [1.29, 1.82) is 0 Å². The van der Waals surface area contributed by atoms with E-state index in [9.17, 15) is 13.2 Å². The van der Waals surface area contributed by atoms with Gasteiger partial charge in [0.05, 0.1) is 31.8 Å². The topological polar surface area (TPSA) is 57.7 Å². The van der Waals surface area contributed by atoms with E-state index in [1.54, 1.807) is 25.2 Å². The molecule has 210 valence electrons. The van der Waals surface area contributed by atoms with Gasteiger partial charge in [-0.1, -0.05) is 65.5 Å². The smallest absolute Gasteiger partial charge is 0.211 e. The second-order valence-electron chi connectivity index (χ2n) is 10.5. The van der Waals surface area contributed by atoms with Crippen LogP contribution in [-0.4, -0.2) is 62.4 Å². The van der Waals surface area contributed by atoms with Crippen LogP contribution >= 0.6 is 46.4 Å². The minimum absolute atomic E-state index is 0.00000845. The molecule has 0 aromatic heterocycles. The molecule has 0 saturated carbocycles. The van der Waals surface area contributed by atoms with Crippen LogP contribution in [-0.2, 0) is 26.7 Å². The summed E-state index contributed by atoms with van der Waals surface area (Å²) < 4.78 is 25.4. The summed E-state index contributed by atoms with van der Waals surface area (Å²) in [7, 11) is -1.58. The van der Waals surface area contributed by atoms with E-state index in [1.807, 2.05) is 32.0 Å². The van der Waals surface area contributed by atoms with Gasteiger partial charge in [0.15, 0.2) is 0 Å². The third kappa shape index (κ3) is 7.66. The van der Waals surface area contributed by atoms with Gasteiger partial charge in [0, 0.05) is 19.0 Å². The molecular formula is C28H36Cl4N2O3S. The fourth-order valence-corrected chi connectivity index (χ4v) is 6.60. The highest BCUT2D eigenvalue weighted by Gasteiger charge is 2.39. The van der Waals surface area contributed by atoms with Crippen LogP contribution in [0.1, 0.15) is 50.7 Å². The molecule has 0 radical (unpaired) electrons. The maximum absolute atomic E-state index is 14.2. The van der Waals surface area contributed by atoms with Crippen molar-refractivity contribution in [3.8, 4) is 0 Å². The second-order valence-corrected chi connectivity index (χ2v) is 14.2. The first-order valence-electron chi connectivity index (χ1n) is 12.9. The third-order valence-corrected chi connectivity index (χ3v) is 10.8. The predicted molar refractivity (Wildman–Crippen MR) is 159 cm³/mol. The summed E-state index contributed by atoms with van der Waals surface area (Å²) in [5.41, 5.74) is 1.02. The lowest BCUT2D eigenvalue weighted by molar-refractivity contribution is -0.128. The molecule has 38 heavy (non-hydrogen) atoms. The second kappa shape index (κ2) is 13.2. The van der Waals surface area contributed by atoms with Crippen LogP contribution in [0, 0.1) is 5.92 Å². The Morgan fingerprint density at radius 1 is 1.03 bits per heavy atom. The molecule has 1 heterocycles. The average Bonchev–Trinajstić information content (AvgIpc) is 2.88. The van der Waals surface area contributed by atoms with Crippen molar-refractivity contribution in [2.75, 3.05) is 32.9 Å². The number of ketones is 1. The fourth-order valence-electron chi connectivity index (χ4n) is 5.23. The first-order valence-corrected chi connectivity index (χ1v) is 16.2. The van der Waals surface area contributed by atoms with E-state index in [2.05, 4.69) is 4.90 Å². The fraction of sp³-hybridized carbons (Fsp3) is 0.536. The highest BCUT2D eigenvalue weighted by atomic mass is 35.5. The maximum atomic E-state index is 14.2. The van der Waals surface area contributed by atoms with Crippen LogP contribution in [0.15, 0.2) is 36.4 Å². The molecule has 0 aliphatic carbocycles. The molecule has 1 aliphatic heterocycles. The lowest BCUT2D eigenvalue weighted by Crippen LogP contribution is -2.47. The molecule has 10 heteroatoms. The molecule has 2 unspecified atom stereocenters. The van der Waals surface area contributed by atoms with Crippen LogP contribution in [0.5, 0.6) is 0 Å². The van der Waals surface area contributed by atoms with Gasteiger partial charge in [-0.15, -0.1) is 0 Å². The number of rotatable bonds is 11. The largest absolute Gasteiger partial charge is 0.303 e. The van der Waals surface area contributed by atoms with Crippen LogP contribution in [0.3, 0.4) is 0 Å². The number of hydrogen-bond acceptors (Lipinski definition) is 4. The van der Waals surface area contributed by atoms with E-state index in [0.29, 0.717) is 45.9 Å². The maximum Gasteiger partial charge on any atom is 0.211 e. The number of hydrogen-bond donors (Lipinski definition) is 0. The van der Waals surface area contributed by atoms with Gasteiger partial charge in [-0.05, 0) is 94.1 Å². The lowest BCUT2D eigenvalue weighted by Gasteiger charge is -2.38. The van der Waals surface area contributed by atoms with Gasteiger partial charge in [0.25, 0.3) is 0 Å². The zero-order chi connectivity index (χ0) is 28.3. The molecule has 3 rings (SSSR count). The zero-order valence-electron chi connectivity index (χ0n) is 22.3. The number of benzene rings is 2. The molecule has 1 saturated heterocycles. The van der Waals surface area contributed by atoms with Gasteiger partial charge >= 0.3 is 0 Å². The van der Waals surface area contributed by atoms with E-state index in [-0.39, 0.29) is 17.7 Å². The van der Waals surface area contributed by atoms with E-state index in [0.717, 1.165) is 37.1 Å². The Labute approximate surface area is 247 Å². The van der Waals surface area contributed by atoms with Crippen molar-refractivity contribution in [3.63, 3.8) is 0 Å². The van der Waals surface area contributed by atoms with Gasteiger partial charge in [-0.3, -0.25) is 4.79 Å². The molecule has 2 atom stereocenters. The molecule has 1 aliphatic rings. The summed E-state index contributed by atoms with van der Waals surface area (Å²) in [6, 6.07) is 11.0. The molecule has 5 nitrogen and oxygen atoms in total. The van der Waals surface area contributed by atoms with Gasteiger partial charge in [-0.25, -0.2) is 12.7 Å². The Morgan fingerprint density at radius 3 is 2.13 bits per heavy atom. The Kier molecular flexibility index (Phi) is 11.0. The monoisotopic (exact) mass is 620 g/mol. The van der Waals surface area contributed by atoms with Gasteiger partial charge in [0.1, 0.15) is 5.78 Å². The summed E-state index contributed by atoms with van der Waals surface area (Å²) in [6.07, 6.45) is 4.61. The van der Waals surface area contributed by atoms with Crippen molar-refractivity contribution in [2.24, 2.45) is 5.92 Å². The quantitative estimate of drug-likeness (QED) is 0.268. The SMILES string of the molecule is CCC(Cc1ccc(Cl)c(Cl)c1)C(=O)C(C)(CCN1CCC(N(C)S(C)(=O)=O)CC1)c1ccc(Cl)c(Cl)c1. The molecule has 0 spiro atoms. The first-order chi connectivity index (χ1) is 17.8. The summed E-state index contributed by atoms with van der Waals surface area (Å²) in [5, 5.41) is 1.83. The van der Waals surface area contributed by atoms with Crippen molar-refractivity contribution >= 4 is 62.2 Å². The van der Waals surface area contributed by atoms with Crippen molar-refractivity contribution in [2.45, 2.75) is 57.4 Å². The number of carbonyl (C=O) groups is 1. The Bertz CT molecular complexity index is 1250. The van der Waals surface area contributed by atoms with Gasteiger partial charge < -0.3 is 4.90 Å². The van der Waals surface area contributed by atoms with Crippen LogP contribution in [0.4, 0.5) is 0 Å². The van der Waals surface area contributed by atoms with E-state index < -0.39 is 15.4 Å². The van der Waals surface area contributed by atoms with Crippen LogP contribution < -0.4 is 0 Å². The first kappa shape index (κ1) is 31.7. The van der Waals surface area contributed by atoms with Gasteiger partial charge in [-0.2, -0.15) is 0 Å². The number of nitrogens with zero attached hydrogens (tertiary/aromatic N) is 2. The Morgan fingerprint density at radius 2 is 1.61 bits per heavy atom. The Balaban J connectivity index is 1.81. The number of likely N-dealkylation sites (tertiary alicyclic amines) is 1. The summed E-state index contributed by atoms with van der Waals surface area (Å²) in [5.74, 6) is -0.0722. The van der Waals surface area contributed by atoms with Gasteiger partial charge in [0.2, 0.25) is 10.0 Å².